The fraction of sp³-hybridized carbons (Fsp3) is 0.375. The average molecular weight is 617 g/mol. The minimum absolute atomic E-state index is 0.0568. The number of oxime groups is 1. The van der Waals surface area contributed by atoms with Gasteiger partial charge in [-0.1, -0.05) is 46.0 Å². The van der Waals surface area contributed by atoms with E-state index in [1.165, 1.54) is 25.1 Å². The molecule has 1 unspecified atom stereocenters. The number of hydrogen-bond donors (Lipinski definition) is 2. The second kappa shape index (κ2) is 10.0. The highest BCUT2D eigenvalue weighted by molar-refractivity contribution is 6.48. The lowest BCUT2D eigenvalue weighted by atomic mass is 9.86. The van der Waals surface area contributed by atoms with E-state index in [1.54, 1.807) is 0 Å². The standard InChI is InChI=1S/C24H18Cl3F6N3O3/c1-11-6-12(2-3-14(11)20(38)34-10-18(37)35-21(4-5-21)23(28,29)30)17-9-22(39-36-17,24(31,32)33)13-7-15(25)19(27)16(26)8-13/h2-3,6-8H,4-5,9-10H2,1H3,(H,34,38)(H,35,37). The van der Waals surface area contributed by atoms with Crippen molar-refractivity contribution in [3.63, 3.8) is 0 Å². The molecule has 2 N–H and O–H groups in total. The molecule has 15 heteroatoms. The zero-order chi connectivity index (χ0) is 29.0. The highest BCUT2D eigenvalue weighted by Crippen LogP contribution is 2.51. The molecule has 39 heavy (non-hydrogen) atoms. The number of aryl methyl sites for hydroxylation is 1. The molecule has 1 heterocycles. The molecule has 1 fully saturated rings. The fourth-order valence-corrected chi connectivity index (χ4v) is 4.71. The highest BCUT2D eigenvalue weighted by Gasteiger charge is 2.64. The number of carbonyl (C=O) groups excluding carboxylic acids is 2. The van der Waals surface area contributed by atoms with Crippen molar-refractivity contribution in [3.05, 3.63) is 67.7 Å². The lowest BCUT2D eigenvalue weighted by molar-refractivity contribution is -0.275. The van der Waals surface area contributed by atoms with Crippen molar-refractivity contribution in [2.45, 2.75) is 49.7 Å². The summed E-state index contributed by atoms with van der Waals surface area (Å²) in [6.45, 7) is 0.798. The van der Waals surface area contributed by atoms with Crippen LogP contribution in [0, 0.1) is 6.92 Å². The van der Waals surface area contributed by atoms with E-state index in [2.05, 4.69) is 10.5 Å². The van der Waals surface area contributed by atoms with Crippen LogP contribution in [0.2, 0.25) is 15.1 Å². The predicted octanol–water partition coefficient (Wildman–Crippen LogP) is 6.48. The van der Waals surface area contributed by atoms with Crippen LogP contribution < -0.4 is 10.6 Å². The Kier molecular flexibility index (Phi) is 7.54. The Morgan fingerprint density at radius 1 is 1.00 bits per heavy atom. The number of hydrogen-bond acceptors (Lipinski definition) is 4. The van der Waals surface area contributed by atoms with Gasteiger partial charge in [0.15, 0.2) is 0 Å². The highest BCUT2D eigenvalue weighted by atomic mass is 35.5. The van der Waals surface area contributed by atoms with E-state index in [-0.39, 0.29) is 44.7 Å². The third-order valence-electron chi connectivity index (χ3n) is 6.52. The third-order valence-corrected chi connectivity index (χ3v) is 7.72. The van der Waals surface area contributed by atoms with Crippen molar-refractivity contribution in [3.8, 4) is 0 Å². The second-order valence-corrected chi connectivity index (χ2v) is 10.4. The minimum Gasteiger partial charge on any atom is -0.374 e. The van der Waals surface area contributed by atoms with Crippen LogP contribution >= 0.6 is 34.8 Å². The molecule has 2 amide bonds. The number of rotatable bonds is 6. The maximum Gasteiger partial charge on any atom is 0.435 e. The van der Waals surface area contributed by atoms with Gasteiger partial charge >= 0.3 is 12.4 Å². The molecule has 0 aromatic heterocycles. The Labute approximate surface area is 232 Å². The van der Waals surface area contributed by atoms with E-state index in [4.69, 9.17) is 39.6 Å². The molecular formula is C24H18Cl3F6N3O3. The van der Waals surface area contributed by atoms with Gasteiger partial charge in [-0.05, 0) is 55.2 Å². The van der Waals surface area contributed by atoms with Crippen LogP contribution in [0.1, 0.15) is 46.3 Å². The van der Waals surface area contributed by atoms with E-state index in [1.807, 2.05) is 5.32 Å². The van der Waals surface area contributed by atoms with Crippen molar-refractivity contribution in [2.24, 2.45) is 5.16 Å². The van der Waals surface area contributed by atoms with Crippen molar-refractivity contribution < 1.29 is 40.8 Å². The monoisotopic (exact) mass is 615 g/mol. The van der Waals surface area contributed by atoms with Crippen LogP contribution in [0.3, 0.4) is 0 Å². The first kappa shape index (κ1) is 29.3. The van der Waals surface area contributed by atoms with Gasteiger partial charge in [0, 0.05) is 17.5 Å². The topological polar surface area (TPSA) is 79.8 Å². The number of alkyl halides is 6. The Hall–Kier alpha value is -2.70. The van der Waals surface area contributed by atoms with Crippen LogP contribution in [0.15, 0.2) is 35.5 Å². The summed E-state index contributed by atoms with van der Waals surface area (Å²) < 4.78 is 81.8. The SMILES string of the molecule is Cc1cc(C2=NOC(c3cc(Cl)c(Cl)c(Cl)c3)(C(F)(F)F)C2)ccc1C(=O)NCC(=O)NC1(C(F)(F)F)CC1. The van der Waals surface area contributed by atoms with Gasteiger partial charge in [0.2, 0.25) is 5.91 Å². The molecule has 210 valence electrons. The maximum absolute atomic E-state index is 14.3. The molecule has 1 saturated carbocycles. The number of halogens is 9. The smallest absolute Gasteiger partial charge is 0.374 e. The van der Waals surface area contributed by atoms with Gasteiger partial charge in [0.05, 0.1) is 27.3 Å². The molecule has 1 aliphatic heterocycles. The Bertz CT molecular complexity index is 1350. The van der Waals surface area contributed by atoms with Crippen LogP contribution in [-0.2, 0) is 15.2 Å². The van der Waals surface area contributed by atoms with Crippen LogP contribution in [-0.4, -0.2) is 42.0 Å². The van der Waals surface area contributed by atoms with Crippen LogP contribution in [0.4, 0.5) is 26.3 Å². The summed E-state index contributed by atoms with van der Waals surface area (Å²) in [5, 5.41) is 7.26. The summed E-state index contributed by atoms with van der Waals surface area (Å²) in [5.41, 5.74) is -5.05. The number of benzene rings is 2. The molecule has 6 nitrogen and oxygen atoms in total. The normalized spacial score (nSPS) is 20.2. The number of amides is 2. The molecule has 2 aromatic carbocycles. The first-order chi connectivity index (χ1) is 18.0. The Morgan fingerprint density at radius 2 is 1.62 bits per heavy atom. The quantitative estimate of drug-likeness (QED) is 0.288. The van der Waals surface area contributed by atoms with Crippen LogP contribution in [0.25, 0.3) is 0 Å². The summed E-state index contributed by atoms with van der Waals surface area (Å²) in [6.07, 6.45) is -10.7. The Morgan fingerprint density at radius 3 is 2.13 bits per heavy atom. The van der Waals surface area contributed by atoms with Gasteiger partial charge in [0.1, 0.15) is 5.54 Å². The molecule has 1 aliphatic carbocycles. The van der Waals surface area contributed by atoms with E-state index < -0.39 is 53.8 Å². The lowest BCUT2D eigenvalue weighted by Gasteiger charge is -2.30. The Balaban J connectivity index is 1.48. The van der Waals surface area contributed by atoms with Gasteiger partial charge in [-0.15, -0.1) is 0 Å². The third kappa shape index (κ3) is 5.51. The number of nitrogens with zero attached hydrogens (tertiary/aromatic N) is 1. The summed E-state index contributed by atoms with van der Waals surface area (Å²) in [7, 11) is 0. The molecule has 0 spiro atoms. The first-order valence-corrected chi connectivity index (χ1v) is 12.4. The molecule has 4 rings (SSSR count). The van der Waals surface area contributed by atoms with Gasteiger partial charge in [0.25, 0.3) is 11.5 Å². The number of carbonyl (C=O) groups is 2. The van der Waals surface area contributed by atoms with Crippen LogP contribution in [0.5, 0.6) is 0 Å². The van der Waals surface area contributed by atoms with E-state index >= 15 is 0 Å². The summed E-state index contributed by atoms with van der Waals surface area (Å²) >= 11 is 17.8. The first-order valence-electron chi connectivity index (χ1n) is 11.2. The lowest BCUT2D eigenvalue weighted by Crippen LogP contribution is -2.50. The molecular weight excluding hydrogens is 599 g/mol. The van der Waals surface area contributed by atoms with Crippen molar-refractivity contribution in [1.82, 2.24) is 10.6 Å². The maximum atomic E-state index is 14.3. The van der Waals surface area contributed by atoms with E-state index in [0.29, 0.717) is 5.56 Å². The van der Waals surface area contributed by atoms with Gasteiger partial charge < -0.3 is 15.5 Å². The molecule has 2 aliphatic rings. The molecule has 0 bridgehead atoms. The van der Waals surface area contributed by atoms with Gasteiger partial charge in [-0.3, -0.25) is 9.59 Å². The number of nitrogens with one attached hydrogen (secondary N) is 2. The van der Waals surface area contributed by atoms with Gasteiger partial charge in [-0.25, -0.2) is 0 Å². The zero-order valence-electron chi connectivity index (χ0n) is 19.8. The van der Waals surface area contributed by atoms with Crippen molar-refractivity contribution in [1.29, 1.82) is 0 Å². The summed E-state index contributed by atoms with van der Waals surface area (Å²) in [4.78, 5) is 29.4. The molecule has 2 aromatic rings. The van der Waals surface area contributed by atoms with Gasteiger partial charge in [-0.2, -0.15) is 26.3 Å². The van der Waals surface area contributed by atoms with Crippen molar-refractivity contribution in [2.75, 3.05) is 6.54 Å². The summed E-state index contributed by atoms with van der Waals surface area (Å²) in [6, 6.07) is 6.02. The van der Waals surface area contributed by atoms with E-state index in [0.717, 1.165) is 12.1 Å². The fourth-order valence-electron chi connectivity index (χ4n) is 4.12. The largest absolute Gasteiger partial charge is 0.435 e. The second-order valence-electron chi connectivity index (χ2n) is 9.23. The molecule has 0 saturated heterocycles. The van der Waals surface area contributed by atoms with Crippen molar-refractivity contribution >= 4 is 52.3 Å². The summed E-state index contributed by atoms with van der Waals surface area (Å²) in [5.74, 6) is -1.76. The van der Waals surface area contributed by atoms with E-state index in [9.17, 15) is 35.9 Å². The zero-order valence-corrected chi connectivity index (χ0v) is 22.1. The average Bonchev–Trinajstić information content (AvgIpc) is 3.47. The molecule has 1 atom stereocenters. The minimum atomic E-state index is -4.93. The predicted molar refractivity (Wildman–Crippen MR) is 131 cm³/mol. The molecule has 0 radical (unpaired) electrons.